The van der Waals surface area contributed by atoms with Crippen molar-refractivity contribution < 1.29 is 4.79 Å². The maximum Gasteiger partial charge on any atom is 0.249 e. The molecule has 0 bridgehead atoms. The number of nitrogens with zero attached hydrogens (tertiary/aromatic N) is 8. The Hall–Kier alpha value is -3.36. The van der Waals surface area contributed by atoms with E-state index in [1.807, 2.05) is 0 Å². The van der Waals surface area contributed by atoms with Crippen molar-refractivity contribution in [2.24, 2.45) is 0 Å². The fourth-order valence-corrected chi connectivity index (χ4v) is 4.02. The molecule has 0 N–H and O–H groups in total. The molecular formula is C20H22N8O. The van der Waals surface area contributed by atoms with Gasteiger partial charge < -0.3 is 9.80 Å². The molecule has 0 saturated heterocycles. The van der Waals surface area contributed by atoms with Crippen LogP contribution in [0.5, 0.6) is 0 Å². The highest BCUT2D eigenvalue weighted by Gasteiger charge is 2.42. The number of anilines is 2. The smallest absolute Gasteiger partial charge is 0.249 e. The Balaban J connectivity index is 1.63. The lowest BCUT2D eigenvalue weighted by atomic mass is 9.88. The van der Waals surface area contributed by atoms with Gasteiger partial charge in [0, 0.05) is 37.9 Å². The molecule has 9 nitrogen and oxygen atoms in total. The van der Waals surface area contributed by atoms with Crippen LogP contribution in [-0.4, -0.2) is 54.5 Å². The zero-order valence-electron chi connectivity index (χ0n) is 16.4. The minimum Gasteiger partial charge on any atom is -0.340 e. The molecule has 4 heterocycles. The van der Waals surface area contributed by atoms with E-state index in [1.54, 1.807) is 53.6 Å². The molecule has 1 fully saturated rings. The lowest BCUT2D eigenvalue weighted by Crippen LogP contribution is -2.57. The molecule has 5 rings (SSSR count). The summed E-state index contributed by atoms with van der Waals surface area (Å²) in [6.45, 7) is 2.05. The molecule has 3 aromatic heterocycles. The molecule has 1 aliphatic carbocycles. The number of imidazole rings is 1. The summed E-state index contributed by atoms with van der Waals surface area (Å²) in [5, 5.41) is 0. The second-order valence-electron chi connectivity index (χ2n) is 7.39. The molecule has 148 valence electrons. The van der Waals surface area contributed by atoms with Crippen molar-refractivity contribution >= 4 is 17.4 Å². The van der Waals surface area contributed by atoms with Gasteiger partial charge in [-0.2, -0.15) is 4.98 Å². The fourth-order valence-electron chi connectivity index (χ4n) is 4.02. The quantitative estimate of drug-likeness (QED) is 0.674. The Morgan fingerprint density at radius 3 is 2.59 bits per heavy atom. The monoisotopic (exact) mass is 390 g/mol. The third-order valence-corrected chi connectivity index (χ3v) is 5.77. The van der Waals surface area contributed by atoms with Gasteiger partial charge in [-0.15, -0.1) is 0 Å². The van der Waals surface area contributed by atoms with E-state index < -0.39 is 0 Å². The minimum absolute atomic E-state index is 0.101. The minimum atomic E-state index is -0.194. The number of hydrogen-bond donors (Lipinski definition) is 0. The number of fused-ring (bicyclic) bond motifs is 1. The van der Waals surface area contributed by atoms with E-state index in [0.717, 1.165) is 30.8 Å². The van der Waals surface area contributed by atoms with Gasteiger partial charge in [0.25, 0.3) is 0 Å². The van der Waals surface area contributed by atoms with E-state index in [2.05, 4.69) is 31.8 Å². The number of aromatic nitrogens is 6. The first-order valence-corrected chi connectivity index (χ1v) is 9.93. The Labute approximate surface area is 168 Å². The van der Waals surface area contributed by atoms with Gasteiger partial charge in [0.15, 0.2) is 17.5 Å². The summed E-state index contributed by atoms with van der Waals surface area (Å²) in [5.41, 5.74) is 0.743. The first-order valence-electron chi connectivity index (χ1n) is 9.93. The number of carbonyl (C=O) groups is 1. The molecule has 1 aliphatic heterocycles. The molecule has 29 heavy (non-hydrogen) atoms. The standard InChI is InChI=1S/C20H22N8O/c1-3-14-19(29)26(2)15-12-24-20(25-17(15)28(14)13-6-4-7-13)27-11-10-23-18(27)16-21-8-5-9-22-16/h5,8-14H,3-4,6-7H2,1-2H3. The largest absolute Gasteiger partial charge is 0.340 e. The van der Waals surface area contributed by atoms with E-state index >= 15 is 0 Å². The van der Waals surface area contributed by atoms with Crippen molar-refractivity contribution in [2.45, 2.75) is 44.7 Å². The number of likely N-dealkylation sites (N-methyl/N-ethyl adjacent to an activating group) is 1. The van der Waals surface area contributed by atoms with Gasteiger partial charge in [-0.3, -0.25) is 9.36 Å². The Morgan fingerprint density at radius 1 is 1.10 bits per heavy atom. The van der Waals surface area contributed by atoms with Crippen LogP contribution in [0, 0.1) is 0 Å². The van der Waals surface area contributed by atoms with Crippen LogP contribution < -0.4 is 9.80 Å². The number of amides is 1. The van der Waals surface area contributed by atoms with Crippen molar-refractivity contribution in [3.63, 3.8) is 0 Å². The van der Waals surface area contributed by atoms with E-state index in [9.17, 15) is 4.79 Å². The normalized spacial score (nSPS) is 19.2. The molecule has 2 aliphatic rings. The fraction of sp³-hybridized carbons (Fsp3) is 0.400. The van der Waals surface area contributed by atoms with Crippen LogP contribution in [-0.2, 0) is 4.79 Å². The van der Waals surface area contributed by atoms with Gasteiger partial charge in [0.1, 0.15) is 11.7 Å². The topological polar surface area (TPSA) is 92.9 Å². The summed E-state index contributed by atoms with van der Waals surface area (Å²) in [5.74, 6) is 2.48. The molecule has 3 aromatic rings. The van der Waals surface area contributed by atoms with Crippen LogP contribution in [0.1, 0.15) is 32.6 Å². The third kappa shape index (κ3) is 2.76. The van der Waals surface area contributed by atoms with Crippen LogP contribution in [0.15, 0.2) is 37.1 Å². The Kier molecular flexibility index (Phi) is 4.22. The third-order valence-electron chi connectivity index (χ3n) is 5.77. The predicted octanol–water partition coefficient (Wildman–Crippen LogP) is 2.23. The second-order valence-corrected chi connectivity index (χ2v) is 7.39. The van der Waals surface area contributed by atoms with Crippen LogP contribution in [0.2, 0.25) is 0 Å². The molecule has 1 saturated carbocycles. The SMILES string of the molecule is CCC1C(=O)N(C)c2cnc(-n3ccnc3-c3ncccn3)nc2N1C1CCC1. The summed E-state index contributed by atoms with van der Waals surface area (Å²) in [4.78, 5) is 39.2. The van der Waals surface area contributed by atoms with Crippen molar-refractivity contribution in [3.05, 3.63) is 37.1 Å². The summed E-state index contributed by atoms with van der Waals surface area (Å²) < 4.78 is 1.78. The highest BCUT2D eigenvalue weighted by molar-refractivity contribution is 6.04. The molecule has 9 heteroatoms. The zero-order chi connectivity index (χ0) is 20.0. The van der Waals surface area contributed by atoms with Crippen molar-refractivity contribution in [3.8, 4) is 17.6 Å². The number of carbonyl (C=O) groups excluding carboxylic acids is 1. The summed E-state index contributed by atoms with van der Waals surface area (Å²) >= 11 is 0. The van der Waals surface area contributed by atoms with Crippen molar-refractivity contribution in [1.29, 1.82) is 0 Å². The van der Waals surface area contributed by atoms with Crippen LogP contribution in [0.25, 0.3) is 17.6 Å². The zero-order valence-corrected chi connectivity index (χ0v) is 16.4. The van der Waals surface area contributed by atoms with Crippen molar-refractivity contribution in [1.82, 2.24) is 29.5 Å². The maximum atomic E-state index is 12.9. The van der Waals surface area contributed by atoms with Crippen molar-refractivity contribution in [2.75, 3.05) is 16.8 Å². The van der Waals surface area contributed by atoms with Gasteiger partial charge in [-0.05, 0) is 31.7 Å². The van der Waals surface area contributed by atoms with Crippen LogP contribution >= 0.6 is 0 Å². The first-order chi connectivity index (χ1) is 14.2. The van der Waals surface area contributed by atoms with Gasteiger partial charge in [0.05, 0.1) is 6.20 Å². The second kappa shape index (κ2) is 6.91. The van der Waals surface area contributed by atoms with Gasteiger partial charge in [-0.25, -0.2) is 19.9 Å². The summed E-state index contributed by atoms with van der Waals surface area (Å²) in [7, 11) is 1.80. The van der Waals surface area contributed by atoms with Crippen LogP contribution in [0.4, 0.5) is 11.5 Å². The summed E-state index contributed by atoms with van der Waals surface area (Å²) in [6, 6.07) is 1.92. The number of rotatable bonds is 4. The first kappa shape index (κ1) is 17.7. The lowest BCUT2D eigenvalue weighted by molar-refractivity contribution is -0.120. The summed E-state index contributed by atoms with van der Waals surface area (Å²) in [6.07, 6.45) is 12.7. The van der Waals surface area contributed by atoms with Crippen LogP contribution in [0.3, 0.4) is 0 Å². The number of hydrogen-bond acceptors (Lipinski definition) is 7. The molecular weight excluding hydrogens is 368 g/mol. The molecule has 0 spiro atoms. The predicted molar refractivity (Wildman–Crippen MR) is 108 cm³/mol. The van der Waals surface area contributed by atoms with Gasteiger partial charge >= 0.3 is 0 Å². The average Bonchev–Trinajstić information content (AvgIpc) is 3.21. The average molecular weight is 390 g/mol. The molecule has 1 unspecified atom stereocenters. The van der Waals surface area contributed by atoms with E-state index in [0.29, 0.717) is 23.6 Å². The highest BCUT2D eigenvalue weighted by Crippen LogP contribution is 2.40. The molecule has 0 aromatic carbocycles. The van der Waals surface area contributed by atoms with Gasteiger partial charge in [-0.1, -0.05) is 6.92 Å². The Morgan fingerprint density at radius 2 is 1.90 bits per heavy atom. The molecule has 1 amide bonds. The molecule has 0 radical (unpaired) electrons. The highest BCUT2D eigenvalue weighted by atomic mass is 16.2. The van der Waals surface area contributed by atoms with E-state index in [4.69, 9.17) is 4.98 Å². The van der Waals surface area contributed by atoms with Gasteiger partial charge in [0.2, 0.25) is 11.9 Å². The molecule has 1 atom stereocenters. The lowest BCUT2D eigenvalue weighted by Gasteiger charge is -2.47. The Bertz CT molecular complexity index is 1050. The maximum absolute atomic E-state index is 12.9. The van der Waals surface area contributed by atoms with E-state index in [-0.39, 0.29) is 11.9 Å². The van der Waals surface area contributed by atoms with E-state index in [1.165, 1.54) is 6.42 Å².